The van der Waals surface area contributed by atoms with Gasteiger partial charge < -0.3 is 4.74 Å². The summed E-state index contributed by atoms with van der Waals surface area (Å²) in [5.41, 5.74) is -0.715. The number of pyridine rings is 1. The predicted molar refractivity (Wildman–Crippen MR) is 48.8 cm³/mol. The highest BCUT2D eigenvalue weighted by Gasteiger charge is 2.17. The number of aldehydes is 1. The van der Waals surface area contributed by atoms with E-state index in [-0.39, 0.29) is 15.9 Å². The van der Waals surface area contributed by atoms with Gasteiger partial charge in [-0.15, -0.1) is 0 Å². The highest BCUT2D eigenvalue weighted by Crippen LogP contribution is 2.29. The predicted octanol–water partition coefficient (Wildman–Crippen LogP) is 2.60. The van der Waals surface area contributed by atoms with Gasteiger partial charge in [0.2, 0.25) is 0 Å². The summed E-state index contributed by atoms with van der Waals surface area (Å²) in [6.45, 7) is 0. The third kappa shape index (κ3) is 2.06. The van der Waals surface area contributed by atoms with Gasteiger partial charge in [-0.2, -0.15) is 0 Å². The van der Waals surface area contributed by atoms with E-state index in [0.29, 0.717) is 6.29 Å². The number of ether oxygens (including phenoxy) is 1. The minimum Gasteiger partial charge on any atom is -0.494 e. The summed E-state index contributed by atoms with van der Waals surface area (Å²) >= 11 is 2.95. The summed E-state index contributed by atoms with van der Waals surface area (Å²) in [5, 5.41) is 0. The zero-order valence-electron chi connectivity index (χ0n) is 7.13. The second-order valence-electron chi connectivity index (χ2n) is 2.37. The van der Waals surface area contributed by atoms with Crippen molar-refractivity contribution in [3.8, 4) is 5.75 Å². The standard InChI is InChI=1S/C8H6BrF2NO2/c1-14-5-2-4(3-13)6(8(10)11)12-7(5)9/h2-3,8H,1H3. The molecule has 14 heavy (non-hydrogen) atoms. The van der Waals surface area contributed by atoms with Gasteiger partial charge in [0.25, 0.3) is 6.43 Å². The Hall–Kier alpha value is -1.04. The Morgan fingerprint density at radius 2 is 2.29 bits per heavy atom. The lowest BCUT2D eigenvalue weighted by Gasteiger charge is -2.07. The first-order chi connectivity index (χ1) is 6.60. The van der Waals surface area contributed by atoms with Crippen molar-refractivity contribution in [1.82, 2.24) is 4.98 Å². The molecule has 0 amide bonds. The van der Waals surface area contributed by atoms with Crippen LogP contribution in [0.5, 0.6) is 5.75 Å². The van der Waals surface area contributed by atoms with Gasteiger partial charge >= 0.3 is 0 Å². The summed E-state index contributed by atoms with van der Waals surface area (Å²) < 4.78 is 29.7. The fourth-order valence-corrected chi connectivity index (χ4v) is 1.38. The molecule has 0 aromatic carbocycles. The summed E-state index contributed by atoms with van der Waals surface area (Å²) in [4.78, 5) is 14.0. The van der Waals surface area contributed by atoms with Crippen molar-refractivity contribution in [2.45, 2.75) is 6.43 Å². The lowest BCUT2D eigenvalue weighted by molar-refractivity contribution is 0.110. The van der Waals surface area contributed by atoms with E-state index >= 15 is 0 Å². The molecule has 0 fully saturated rings. The smallest absolute Gasteiger partial charge is 0.281 e. The average molecular weight is 266 g/mol. The lowest BCUT2D eigenvalue weighted by atomic mass is 10.2. The van der Waals surface area contributed by atoms with E-state index in [1.54, 1.807) is 0 Å². The molecular formula is C8H6BrF2NO2. The molecule has 3 nitrogen and oxygen atoms in total. The highest BCUT2D eigenvalue weighted by atomic mass is 79.9. The van der Waals surface area contributed by atoms with Crippen LogP contribution in [0.1, 0.15) is 22.5 Å². The van der Waals surface area contributed by atoms with E-state index in [2.05, 4.69) is 20.9 Å². The molecule has 0 unspecified atom stereocenters. The number of methoxy groups -OCH3 is 1. The van der Waals surface area contributed by atoms with Crippen LogP contribution in [0, 0.1) is 0 Å². The summed E-state index contributed by atoms with van der Waals surface area (Å²) in [7, 11) is 1.36. The van der Waals surface area contributed by atoms with Crippen LogP contribution >= 0.6 is 15.9 Å². The topological polar surface area (TPSA) is 39.2 Å². The van der Waals surface area contributed by atoms with Crippen molar-refractivity contribution in [2.75, 3.05) is 7.11 Å². The SMILES string of the molecule is COc1cc(C=O)c(C(F)F)nc1Br. The van der Waals surface area contributed by atoms with Crippen molar-refractivity contribution in [3.63, 3.8) is 0 Å². The van der Waals surface area contributed by atoms with Crippen molar-refractivity contribution in [2.24, 2.45) is 0 Å². The van der Waals surface area contributed by atoms with Crippen molar-refractivity contribution < 1.29 is 18.3 Å². The second-order valence-corrected chi connectivity index (χ2v) is 3.13. The zero-order valence-corrected chi connectivity index (χ0v) is 8.72. The molecule has 1 aromatic heterocycles. The molecule has 0 aliphatic carbocycles. The summed E-state index contributed by atoms with van der Waals surface area (Å²) in [6.07, 6.45) is -2.46. The molecule has 0 saturated carbocycles. The van der Waals surface area contributed by atoms with Crippen LogP contribution in [-0.2, 0) is 0 Å². The first kappa shape index (κ1) is 11.0. The fourth-order valence-electron chi connectivity index (χ4n) is 0.912. The molecule has 1 rings (SSSR count). The van der Waals surface area contributed by atoms with Crippen LogP contribution in [0.4, 0.5) is 8.78 Å². The van der Waals surface area contributed by atoms with Gasteiger partial charge in [-0.25, -0.2) is 13.8 Å². The molecule has 1 aromatic rings. The average Bonchev–Trinajstić information content (AvgIpc) is 2.17. The molecular weight excluding hydrogens is 260 g/mol. The number of halogens is 3. The molecule has 0 N–H and O–H groups in total. The van der Waals surface area contributed by atoms with E-state index in [4.69, 9.17) is 4.74 Å². The van der Waals surface area contributed by atoms with E-state index < -0.39 is 12.1 Å². The normalized spacial score (nSPS) is 10.4. The van der Waals surface area contributed by atoms with Gasteiger partial charge in [0.05, 0.1) is 7.11 Å². The van der Waals surface area contributed by atoms with Gasteiger partial charge in [0, 0.05) is 5.56 Å². The summed E-state index contributed by atoms with van der Waals surface area (Å²) in [5.74, 6) is 0.247. The van der Waals surface area contributed by atoms with Crippen LogP contribution in [-0.4, -0.2) is 18.4 Å². The number of hydrogen-bond donors (Lipinski definition) is 0. The molecule has 1 heterocycles. The maximum absolute atomic E-state index is 12.3. The molecule has 0 bridgehead atoms. The third-order valence-electron chi connectivity index (χ3n) is 1.56. The van der Waals surface area contributed by atoms with Crippen LogP contribution in [0.3, 0.4) is 0 Å². The van der Waals surface area contributed by atoms with Crippen molar-refractivity contribution in [3.05, 3.63) is 21.9 Å². The maximum atomic E-state index is 12.3. The molecule has 0 aliphatic rings. The fraction of sp³-hybridized carbons (Fsp3) is 0.250. The minimum absolute atomic E-state index is 0.154. The van der Waals surface area contributed by atoms with Gasteiger partial charge in [-0.3, -0.25) is 4.79 Å². The monoisotopic (exact) mass is 265 g/mol. The highest BCUT2D eigenvalue weighted by molar-refractivity contribution is 9.10. The maximum Gasteiger partial charge on any atom is 0.281 e. The van der Waals surface area contributed by atoms with E-state index in [1.807, 2.05) is 0 Å². The van der Waals surface area contributed by atoms with Crippen LogP contribution in [0.2, 0.25) is 0 Å². The van der Waals surface area contributed by atoms with Gasteiger partial charge in [-0.1, -0.05) is 0 Å². The Balaban J connectivity index is 3.31. The molecule has 0 atom stereocenters. The first-order valence-electron chi connectivity index (χ1n) is 3.58. The Kier molecular flexibility index (Phi) is 3.51. The molecule has 0 saturated heterocycles. The number of rotatable bonds is 3. The van der Waals surface area contributed by atoms with E-state index in [1.165, 1.54) is 13.2 Å². The Labute approximate surface area is 87.2 Å². The van der Waals surface area contributed by atoms with Gasteiger partial charge in [0.1, 0.15) is 10.3 Å². The Morgan fingerprint density at radius 3 is 2.71 bits per heavy atom. The quantitative estimate of drug-likeness (QED) is 0.623. The van der Waals surface area contributed by atoms with Crippen LogP contribution in [0.25, 0.3) is 0 Å². The van der Waals surface area contributed by atoms with Crippen molar-refractivity contribution in [1.29, 1.82) is 0 Å². The minimum atomic E-state index is -2.78. The van der Waals surface area contributed by atoms with Gasteiger partial charge in [-0.05, 0) is 22.0 Å². The number of aromatic nitrogens is 1. The number of carbonyl (C=O) groups is 1. The molecule has 6 heteroatoms. The Morgan fingerprint density at radius 1 is 1.64 bits per heavy atom. The van der Waals surface area contributed by atoms with Crippen LogP contribution in [0.15, 0.2) is 10.7 Å². The number of nitrogens with zero attached hydrogens (tertiary/aromatic N) is 1. The van der Waals surface area contributed by atoms with E-state index in [0.717, 1.165) is 0 Å². The van der Waals surface area contributed by atoms with E-state index in [9.17, 15) is 13.6 Å². The zero-order chi connectivity index (χ0) is 10.7. The molecule has 0 spiro atoms. The number of alkyl halides is 2. The largest absolute Gasteiger partial charge is 0.494 e. The second kappa shape index (κ2) is 4.45. The summed E-state index contributed by atoms with van der Waals surface area (Å²) in [6, 6.07) is 1.21. The number of hydrogen-bond acceptors (Lipinski definition) is 3. The van der Waals surface area contributed by atoms with Crippen LogP contribution < -0.4 is 4.74 Å². The molecule has 76 valence electrons. The Bertz CT molecular complexity index is 357. The van der Waals surface area contributed by atoms with Crippen molar-refractivity contribution >= 4 is 22.2 Å². The molecule has 0 radical (unpaired) electrons. The number of carbonyl (C=O) groups excluding carboxylic acids is 1. The molecule has 0 aliphatic heterocycles. The first-order valence-corrected chi connectivity index (χ1v) is 4.37. The third-order valence-corrected chi connectivity index (χ3v) is 2.13. The van der Waals surface area contributed by atoms with Gasteiger partial charge in [0.15, 0.2) is 12.0 Å². The lowest BCUT2D eigenvalue weighted by Crippen LogP contribution is -2.00.